The molecule has 1 aromatic heterocycles. The van der Waals surface area contributed by atoms with E-state index in [1.54, 1.807) is 52.0 Å². The summed E-state index contributed by atoms with van der Waals surface area (Å²) in [5.74, 6) is -0.472. The zero-order chi connectivity index (χ0) is 27.4. The lowest BCUT2D eigenvalue weighted by Crippen LogP contribution is -2.32. The minimum atomic E-state index is -4.53. The highest BCUT2D eigenvalue weighted by Gasteiger charge is 2.31. The number of rotatable bonds is 6. The molecule has 0 radical (unpaired) electrons. The number of hydrogen-bond donors (Lipinski definition) is 2. The van der Waals surface area contributed by atoms with E-state index >= 15 is 0 Å². The van der Waals surface area contributed by atoms with Crippen LogP contribution in [-0.4, -0.2) is 27.8 Å². The van der Waals surface area contributed by atoms with Crippen LogP contribution < -0.4 is 10.6 Å². The molecule has 0 saturated heterocycles. The van der Waals surface area contributed by atoms with Gasteiger partial charge in [-0.2, -0.15) is 18.3 Å². The monoisotopic (exact) mass is 534 g/mol. The molecule has 2 amide bonds. The summed E-state index contributed by atoms with van der Waals surface area (Å²) in [7, 11) is 0. The standard InChI is InChI=1S/C26H26ClF3N4O3/c1-15(33-23(35)22-12-20(27)14-32-34-22)16-5-7-17(8-6-16)21-11-19(26(28,29)30)10-9-18(21)13-31-24(36)37-25(2,3)4/h5-12,14-15H,13H2,1-4H3,(H,31,36)(H,33,35)/t15-/m1/s1. The van der Waals surface area contributed by atoms with Gasteiger partial charge in [0.05, 0.1) is 22.8 Å². The first kappa shape index (κ1) is 27.9. The van der Waals surface area contributed by atoms with Crippen LogP contribution in [0.5, 0.6) is 0 Å². The Labute approximate surface area is 217 Å². The van der Waals surface area contributed by atoms with Crippen molar-refractivity contribution in [2.75, 3.05) is 0 Å². The number of nitrogens with zero attached hydrogens (tertiary/aromatic N) is 2. The highest BCUT2D eigenvalue weighted by molar-refractivity contribution is 6.30. The van der Waals surface area contributed by atoms with Crippen LogP contribution in [-0.2, 0) is 17.5 Å². The van der Waals surface area contributed by atoms with Gasteiger partial charge in [0.2, 0.25) is 0 Å². The van der Waals surface area contributed by atoms with Gasteiger partial charge in [-0.3, -0.25) is 4.79 Å². The number of aromatic nitrogens is 2. The van der Waals surface area contributed by atoms with Gasteiger partial charge in [-0.1, -0.05) is 41.9 Å². The molecule has 37 heavy (non-hydrogen) atoms. The van der Waals surface area contributed by atoms with Crippen LogP contribution in [0, 0.1) is 0 Å². The third-order valence-electron chi connectivity index (χ3n) is 5.18. The van der Waals surface area contributed by atoms with Crippen molar-refractivity contribution in [2.45, 2.75) is 52.1 Å². The molecule has 1 atom stereocenters. The van der Waals surface area contributed by atoms with Crippen molar-refractivity contribution in [3.05, 3.63) is 82.1 Å². The molecule has 2 aromatic carbocycles. The van der Waals surface area contributed by atoms with Crippen LogP contribution in [0.2, 0.25) is 5.02 Å². The van der Waals surface area contributed by atoms with Gasteiger partial charge in [0.15, 0.2) is 5.69 Å². The van der Waals surface area contributed by atoms with Crippen LogP contribution in [0.15, 0.2) is 54.7 Å². The molecular weight excluding hydrogens is 509 g/mol. The molecule has 0 spiro atoms. The number of benzene rings is 2. The van der Waals surface area contributed by atoms with Crippen molar-refractivity contribution in [1.29, 1.82) is 0 Å². The van der Waals surface area contributed by atoms with E-state index in [0.29, 0.717) is 22.3 Å². The van der Waals surface area contributed by atoms with E-state index in [4.69, 9.17) is 16.3 Å². The molecule has 196 valence electrons. The molecule has 0 unspecified atom stereocenters. The first-order chi connectivity index (χ1) is 17.2. The summed E-state index contributed by atoms with van der Waals surface area (Å²) in [5, 5.41) is 13.0. The lowest BCUT2D eigenvalue weighted by molar-refractivity contribution is -0.137. The molecule has 0 aliphatic heterocycles. The van der Waals surface area contributed by atoms with Gasteiger partial charge in [-0.05, 0) is 68.1 Å². The summed E-state index contributed by atoms with van der Waals surface area (Å²) in [4.78, 5) is 24.5. The molecule has 0 saturated carbocycles. The van der Waals surface area contributed by atoms with Gasteiger partial charge < -0.3 is 15.4 Å². The maximum Gasteiger partial charge on any atom is 0.416 e. The van der Waals surface area contributed by atoms with E-state index in [2.05, 4.69) is 20.8 Å². The molecule has 0 bridgehead atoms. The van der Waals surface area contributed by atoms with E-state index in [-0.39, 0.29) is 17.3 Å². The van der Waals surface area contributed by atoms with Crippen LogP contribution >= 0.6 is 11.6 Å². The van der Waals surface area contributed by atoms with Gasteiger partial charge in [-0.25, -0.2) is 4.79 Å². The van der Waals surface area contributed by atoms with Gasteiger partial charge >= 0.3 is 12.3 Å². The predicted octanol–water partition coefficient (Wildman–Crippen LogP) is 6.33. The molecule has 0 fully saturated rings. The number of nitrogens with one attached hydrogen (secondary N) is 2. The second kappa shape index (κ2) is 11.2. The Bertz CT molecular complexity index is 1280. The highest BCUT2D eigenvalue weighted by atomic mass is 35.5. The minimum Gasteiger partial charge on any atom is -0.444 e. The second-order valence-corrected chi connectivity index (χ2v) is 9.74. The van der Waals surface area contributed by atoms with Crippen molar-refractivity contribution in [3.8, 4) is 11.1 Å². The summed E-state index contributed by atoms with van der Waals surface area (Å²) in [6.45, 7) is 6.86. The number of alkyl halides is 3. The topological polar surface area (TPSA) is 93.2 Å². The Morgan fingerprint density at radius 1 is 1.05 bits per heavy atom. The van der Waals surface area contributed by atoms with Crippen LogP contribution in [0.1, 0.15) is 60.9 Å². The van der Waals surface area contributed by atoms with Gasteiger partial charge in [0.1, 0.15) is 5.60 Å². The number of alkyl carbamates (subject to hydrolysis) is 1. The molecule has 0 aliphatic rings. The summed E-state index contributed by atoms with van der Waals surface area (Å²) in [5.41, 5.74) is 0.547. The van der Waals surface area contributed by atoms with Gasteiger partial charge in [0, 0.05) is 6.54 Å². The third kappa shape index (κ3) is 7.91. The molecule has 0 aliphatic carbocycles. The van der Waals surface area contributed by atoms with Gasteiger partial charge in [0.25, 0.3) is 5.91 Å². The molecule has 7 nitrogen and oxygen atoms in total. The largest absolute Gasteiger partial charge is 0.444 e. The zero-order valence-electron chi connectivity index (χ0n) is 20.6. The molecule has 3 aromatic rings. The highest BCUT2D eigenvalue weighted by Crippen LogP contribution is 2.34. The van der Waals surface area contributed by atoms with Crippen LogP contribution in [0.3, 0.4) is 0 Å². The molecule has 3 rings (SSSR count). The average molecular weight is 535 g/mol. The van der Waals surface area contributed by atoms with Gasteiger partial charge in [-0.15, -0.1) is 5.10 Å². The first-order valence-corrected chi connectivity index (χ1v) is 11.7. The van der Waals surface area contributed by atoms with E-state index in [1.807, 2.05) is 0 Å². The van der Waals surface area contributed by atoms with Crippen LogP contribution in [0.4, 0.5) is 18.0 Å². The van der Waals surface area contributed by atoms with Crippen molar-refractivity contribution >= 4 is 23.6 Å². The fourth-order valence-electron chi connectivity index (χ4n) is 3.42. The molecule has 1 heterocycles. The predicted molar refractivity (Wildman–Crippen MR) is 133 cm³/mol. The fourth-order valence-corrected chi connectivity index (χ4v) is 3.56. The van der Waals surface area contributed by atoms with E-state index in [9.17, 15) is 22.8 Å². The quantitative estimate of drug-likeness (QED) is 0.385. The SMILES string of the molecule is C[C@@H](NC(=O)c1cc(Cl)cnn1)c1ccc(-c2cc(C(F)(F)F)ccc2CNC(=O)OC(C)(C)C)cc1. The normalized spacial score (nSPS) is 12.5. The summed E-state index contributed by atoms with van der Waals surface area (Å²) in [6, 6.07) is 11.0. The number of carbonyl (C=O) groups excluding carboxylic acids is 2. The Balaban J connectivity index is 1.82. The van der Waals surface area contributed by atoms with Crippen LogP contribution in [0.25, 0.3) is 11.1 Å². The maximum absolute atomic E-state index is 13.4. The molecular formula is C26H26ClF3N4O3. The van der Waals surface area contributed by atoms with Crippen molar-refractivity contribution in [1.82, 2.24) is 20.8 Å². The Kier molecular flexibility index (Phi) is 8.42. The van der Waals surface area contributed by atoms with E-state index < -0.39 is 35.4 Å². The molecule has 2 N–H and O–H groups in total. The van der Waals surface area contributed by atoms with Crippen molar-refractivity contribution < 1.29 is 27.5 Å². The minimum absolute atomic E-state index is 0.0305. The lowest BCUT2D eigenvalue weighted by atomic mass is 9.95. The maximum atomic E-state index is 13.4. The smallest absolute Gasteiger partial charge is 0.416 e. The Hall–Kier alpha value is -3.66. The Morgan fingerprint density at radius 2 is 1.73 bits per heavy atom. The number of ether oxygens (including phenoxy) is 1. The van der Waals surface area contributed by atoms with E-state index in [0.717, 1.165) is 12.1 Å². The number of halogens is 4. The van der Waals surface area contributed by atoms with Crippen molar-refractivity contribution in [3.63, 3.8) is 0 Å². The Morgan fingerprint density at radius 3 is 2.32 bits per heavy atom. The van der Waals surface area contributed by atoms with E-state index in [1.165, 1.54) is 18.3 Å². The third-order valence-corrected chi connectivity index (χ3v) is 5.39. The van der Waals surface area contributed by atoms with Crippen molar-refractivity contribution in [2.24, 2.45) is 0 Å². The summed E-state index contributed by atoms with van der Waals surface area (Å²) in [6.07, 6.45) is -3.90. The second-order valence-electron chi connectivity index (χ2n) is 9.30. The lowest BCUT2D eigenvalue weighted by Gasteiger charge is -2.20. The number of amides is 2. The summed E-state index contributed by atoms with van der Waals surface area (Å²) < 4.78 is 45.5. The first-order valence-electron chi connectivity index (χ1n) is 11.3. The zero-order valence-corrected chi connectivity index (χ0v) is 21.4. The average Bonchev–Trinajstić information content (AvgIpc) is 2.81. The summed E-state index contributed by atoms with van der Waals surface area (Å²) >= 11 is 5.85. The number of carbonyl (C=O) groups is 2. The fraction of sp³-hybridized carbons (Fsp3) is 0.308. The molecule has 11 heteroatoms. The number of hydrogen-bond acceptors (Lipinski definition) is 5.